The lowest BCUT2D eigenvalue weighted by atomic mass is 10.1. The molecule has 1 aromatic heterocycles. The van der Waals surface area contributed by atoms with Crippen molar-refractivity contribution in [3.63, 3.8) is 0 Å². The van der Waals surface area contributed by atoms with E-state index in [-0.39, 0.29) is 5.38 Å². The van der Waals surface area contributed by atoms with Crippen molar-refractivity contribution in [2.75, 3.05) is 18.0 Å². The van der Waals surface area contributed by atoms with Crippen molar-refractivity contribution in [1.82, 2.24) is 10.2 Å². The summed E-state index contributed by atoms with van der Waals surface area (Å²) in [5.41, 5.74) is 0. The summed E-state index contributed by atoms with van der Waals surface area (Å²) in [5, 5.41) is 6.27. The zero-order valence-corrected chi connectivity index (χ0v) is 9.74. The molecule has 1 aliphatic heterocycles. The highest BCUT2D eigenvalue weighted by atomic mass is 35.5. The van der Waals surface area contributed by atoms with E-state index in [0.717, 1.165) is 12.8 Å². The maximum absolute atomic E-state index is 12.3. The second-order valence-corrected chi connectivity index (χ2v) is 5.12. The van der Waals surface area contributed by atoms with Crippen molar-refractivity contribution < 1.29 is 13.2 Å². The highest BCUT2D eigenvalue weighted by Gasteiger charge is 2.36. The Labute approximate surface area is 99.2 Å². The van der Waals surface area contributed by atoms with Gasteiger partial charge >= 0.3 is 6.18 Å². The second-order valence-electron chi connectivity index (χ2n) is 3.55. The van der Waals surface area contributed by atoms with Gasteiger partial charge in [0.1, 0.15) is 0 Å². The average Bonchev–Trinajstić information content (AvgIpc) is 2.67. The number of piperidine rings is 1. The number of hydrogen-bond donors (Lipinski definition) is 0. The van der Waals surface area contributed by atoms with Crippen LogP contribution in [0.25, 0.3) is 0 Å². The van der Waals surface area contributed by atoms with Crippen molar-refractivity contribution in [2.24, 2.45) is 0 Å². The number of halogens is 4. The van der Waals surface area contributed by atoms with Crippen LogP contribution >= 0.6 is 22.9 Å². The first-order valence-electron chi connectivity index (χ1n) is 4.76. The number of anilines is 1. The number of hydrogen-bond acceptors (Lipinski definition) is 4. The minimum absolute atomic E-state index is 0.117. The quantitative estimate of drug-likeness (QED) is 0.736. The van der Waals surface area contributed by atoms with E-state index in [1.807, 2.05) is 0 Å². The molecule has 8 heteroatoms. The molecule has 0 N–H and O–H groups in total. The van der Waals surface area contributed by atoms with Gasteiger partial charge in [-0.2, -0.15) is 13.2 Å². The Kier molecular flexibility index (Phi) is 3.25. The average molecular weight is 272 g/mol. The normalized spacial score (nSPS) is 19.1. The van der Waals surface area contributed by atoms with Gasteiger partial charge in [0, 0.05) is 18.5 Å². The Bertz CT molecular complexity index is 360. The molecule has 90 valence electrons. The summed E-state index contributed by atoms with van der Waals surface area (Å²) in [7, 11) is 0. The van der Waals surface area contributed by atoms with Crippen LogP contribution in [0.4, 0.5) is 18.3 Å². The van der Waals surface area contributed by atoms with Gasteiger partial charge in [-0.25, -0.2) is 0 Å². The first-order valence-corrected chi connectivity index (χ1v) is 6.02. The maximum Gasteiger partial charge on any atom is 0.445 e. The van der Waals surface area contributed by atoms with Crippen LogP contribution in [0.5, 0.6) is 0 Å². The fraction of sp³-hybridized carbons (Fsp3) is 0.750. The first-order chi connectivity index (χ1) is 7.47. The molecule has 0 bridgehead atoms. The van der Waals surface area contributed by atoms with E-state index >= 15 is 0 Å². The molecule has 1 saturated heterocycles. The molecule has 0 amide bonds. The first kappa shape index (κ1) is 11.9. The Balaban J connectivity index is 2.08. The van der Waals surface area contributed by atoms with E-state index < -0.39 is 11.2 Å². The van der Waals surface area contributed by atoms with Gasteiger partial charge in [0.2, 0.25) is 10.1 Å². The van der Waals surface area contributed by atoms with Gasteiger partial charge in [0.25, 0.3) is 0 Å². The van der Waals surface area contributed by atoms with Crippen molar-refractivity contribution in [3.05, 3.63) is 5.01 Å². The molecule has 1 fully saturated rings. The molecule has 0 radical (unpaired) electrons. The topological polar surface area (TPSA) is 29.0 Å². The van der Waals surface area contributed by atoms with E-state index in [2.05, 4.69) is 10.2 Å². The minimum Gasteiger partial charge on any atom is -0.347 e. The van der Waals surface area contributed by atoms with Gasteiger partial charge in [0.15, 0.2) is 0 Å². The van der Waals surface area contributed by atoms with Gasteiger partial charge in [-0.05, 0) is 12.8 Å². The molecular formula is C8H9ClF3N3S. The van der Waals surface area contributed by atoms with E-state index in [1.165, 1.54) is 0 Å². The summed E-state index contributed by atoms with van der Waals surface area (Å²) in [4.78, 5) is 1.80. The molecule has 0 saturated carbocycles. The largest absolute Gasteiger partial charge is 0.445 e. The maximum atomic E-state index is 12.3. The summed E-state index contributed by atoms with van der Waals surface area (Å²) in [6, 6.07) is 0. The van der Waals surface area contributed by atoms with Gasteiger partial charge in [-0.3, -0.25) is 0 Å². The number of rotatable bonds is 1. The Morgan fingerprint density at radius 1 is 1.25 bits per heavy atom. The smallest absolute Gasteiger partial charge is 0.347 e. The van der Waals surface area contributed by atoms with E-state index in [0.29, 0.717) is 29.6 Å². The second kappa shape index (κ2) is 4.37. The molecule has 16 heavy (non-hydrogen) atoms. The number of aromatic nitrogens is 2. The van der Waals surface area contributed by atoms with E-state index in [1.54, 1.807) is 4.90 Å². The molecule has 0 aliphatic carbocycles. The summed E-state index contributed by atoms with van der Waals surface area (Å²) in [6.45, 7) is 1.28. The van der Waals surface area contributed by atoms with Crippen LogP contribution in [0.3, 0.4) is 0 Å². The zero-order chi connectivity index (χ0) is 11.8. The summed E-state index contributed by atoms with van der Waals surface area (Å²) < 4.78 is 36.9. The molecule has 0 aromatic carbocycles. The summed E-state index contributed by atoms with van der Waals surface area (Å²) in [5.74, 6) is 0. The highest BCUT2D eigenvalue weighted by molar-refractivity contribution is 7.15. The molecule has 1 aromatic rings. The lowest BCUT2D eigenvalue weighted by molar-refractivity contribution is -0.138. The fourth-order valence-electron chi connectivity index (χ4n) is 1.50. The number of nitrogens with zero attached hydrogens (tertiary/aromatic N) is 3. The fourth-order valence-corrected chi connectivity index (χ4v) is 2.46. The van der Waals surface area contributed by atoms with Gasteiger partial charge < -0.3 is 4.90 Å². The Morgan fingerprint density at radius 3 is 2.38 bits per heavy atom. The Hall–Kier alpha value is -0.560. The molecule has 0 spiro atoms. The number of alkyl halides is 4. The lowest BCUT2D eigenvalue weighted by Gasteiger charge is -2.28. The minimum atomic E-state index is -4.40. The molecule has 1 aliphatic rings. The van der Waals surface area contributed by atoms with Crippen LogP contribution in [0.15, 0.2) is 0 Å². The van der Waals surface area contributed by atoms with Crippen LogP contribution in [0.1, 0.15) is 17.8 Å². The van der Waals surface area contributed by atoms with Crippen LogP contribution in [-0.4, -0.2) is 28.7 Å². The highest BCUT2D eigenvalue weighted by Crippen LogP contribution is 2.35. The molecular weight excluding hydrogens is 263 g/mol. The summed E-state index contributed by atoms with van der Waals surface area (Å²) in [6.07, 6.45) is -2.87. The molecule has 0 unspecified atom stereocenters. The van der Waals surface area contributed by atoms with Crippen LogP contribution < -0.4 is 4.90 Å². The van der Waals surface area contributed by atoms with Crippen molar-refractivity contribution >= 4 is 28.1 Å². The van der Waals surface area contributed by atoms with Gasteiger partial charge in [-0.1, -0.05) is 11.3 Å². The van der Waals surface area contributed by atoms with Crippen LogP contribution in [-0.2, 0) is 6.18 Å². The van der Waals surface area contributed by atoms with Crippen molar-refractivity contribution in [1.29, 1.82) is 0 Å². The molecule has 3 nitrogen and oxygen atoms in total. The summed E-state index contributed by atoms with van der Waals surface area (Å²) >= 11 is 6.49. The van der Waals surface area contributed by atoms with E-state index in [9.17, 15) is 13.2 Å². The third-order valence-corrected chi connectivity index (χ3v) is 3.82. The van der Waals surface area contributed by atoms with E-state index in [4.69, 9.17) is 11.6 Å². The van der Waals surface area contributed by atoms with Crippen LogP contribution in [0, 0.1) is 0 Å². The van der Waals surface area contributed by atoms with Crippen molar-refractivity contribution in [3.8, 4) is 0 Å². The van der Waals surface area contributed by atoms with Gasteiger partial charge in [0.05, 0.1) is 0 Å². The Morgan fingerprint density at radius 2 is 1.88 bits per heavy atom. The third-order valence-electron chi connectivity index (χ3n) is 2.35. The van der Waals surface area contributed by atoms with Crippen molar-refractivity contribution in [2.45, 2.75) is 24.4 Å². The molecule has 0 atom stereocenters. The predicted octanol–water partition coefficient (Wildman–Crippen LogP) is 2.76. The lowest BCUT2D eigenvalue weighted by Crippen LogP contribution is -2.33. The molecule has 2 rings (SSSR count). The predicted molar refractivity (Wildman–Crippen MR) is 56.0 cm³/mol. The van der Waals surface area contributed by atoms with Gasteiger partial charge in [-0.15, -0.1) is 21.8 Å². The van der Waals surface area contributed by atoms with Crippen LogP contribution in [0.2, 0.25) is 0 Å². The molecule has 2 heterocycles. The monoisotopic (exact) mass is 271 g/mol. The third kappa shape index (κ3) is 2.57. The zero-order valence-electron chi connectivity index (χ0n) is 8.17. The standard InChI is InChI=1S/C8H9ClF3N3S/c9-5-1-3-15(4-2-5)7-14-13-6(16-7)8(10,11)12/h5H,1-4H2. The SMILES string of the molecule is FC(F)(F)c1nnc(N2CCC(Cl)CC2)s1.